The highest BCUT2D eigenvalue weighted by molar-refractivity contribution is 7.99. The summed E-state index contributed by atoms with van der Waals surface area (Å²) < 4.78 is 5.75. The van der Waals surface area contributed by atoms with Gasteiger partial charge in [-0.25, -0.2) is 4.79 Å². The van der Waals surface area contributed by atoms with E-state index < -0.39 is 6.09 Å². The molecule has 0 radical (unpaired) electrons. The van der Waals surface area contributed by atoms with Crippen LogP contribution in [0.25, 0.3) is 11.1 Å². The summed E-state index contributed by atoms with van der Waals surface area (Å²) in [6.45, 7) is 0.293. The zero-order valence-corrected chi connectivity index (χ0v) is 20.6. The van der Waals surface area contributed by atoms with Crippen molar-refractivity contribution in [3.63, 3.8) is 0 Å². The molecule has 2 N–H and O–H groups in total. The number of nitrogens with zero attached hydrogens (tertiary/aromatic N) is 3. The first kappa shape index (κ1) is 23.4. The summed E-state index contributed by atoms with van der Waals surface area (Å²) in [5.41, 5.74) is 6.07. The molecule has 0 aliphatic heterocycles. The lowest BCUT2D eigenvalue weighted by molar-refractivity contribution is 0.141. The van der Waals surface area contributed by atoms with E-state index in [-0.39, 0.29) is 12.0 Å². The van der Waals surface area contributed by atoms with Gasteiger partial charge in [0.15, 0.2) is 0 Å². The number of hydrogen-bond acceptors (Lipinski definition) is 7. The molecule has 1 atom stereocenters. The lowest BCUT2D eigenvalue weighted by Crippen LogP contribution is -2.39. The number of aromatic nitrogens is 4. The summed E-state index contributed by atoms with van der Waals surface area (Å²) in [5.74, 6) is 2.26. The van der Waals surface area contributed by atoms with Gasteiger partial charge in [-0.1, -0.05) is 90.6 Å². The summed E-state index contributed by atoms with van der Waals surface area (Å²) in [6, 6.07) is 26.8. The molecule has 0 spiro atoms. The lowest BCUT2D eigenvalue weighted by Gasteiger charge is -2.19. The quantitative estimate of drug-likeness (QED) is 0.290. The van der Waals surface area contributed by atoms with Crippen molar-refractivity contribution in [1.82, 2.24) is 25.9 Å². The molecule has 7 nitrogen and oxygen atoms in total. The molecule has 0 fully saturated rings. The molecule has 1 amide bonds. The fourth-order valence-corrected chi connectivity index (χ4v) is 6.16. The molecule has 1 aromatic heterocycles. The minimum atomic E-state index is -0.411. The SMILES string of the molecule is O=C(N[C@@H](CSCc1ccccc1)CSc1nn[nH]n1)OCC1c2ccccc2-c2ccccc21. The number of H-pyrrole nitrogens is 1. The minimum absolute atomic E-state index is 0.0350. The van der Waals surface area contributed by atoms with Crippen LogP contribution in [-0.4, -0.2) is 50.9 Å². The molecule has 0 bridgehead atoms. The van der Waals surface area contributed by atoms with E-state index in [1.165, 1.54) is 39.6 Å². The third-order valence-corrected chi connectivity index (χ3v) is 8.01. The van der Waals surface area contributed by atoms with E-state index in [1.54, 1.807) is 11.8 Å². The monoisotopic (exact) mass is 503 g/mol. The molecule has 9 heteroatoms. The number of nitrogens with one attached hydrogen (secondary N) is 2. The number of thioether (sulfide) groups is 2. The number of carbonyl (C=O) groups excluding carboxylic acids is 1. The van der Waals surface area contributed by atoms with Gasteiger partial charge in [0.05, 0.1) is 6.04 Å². The van der Waals surface area contributed by atoms with Crippen molar-refractivity contribution in [3.8, 4) is 11.1 Å². The highest BCUT2D eigenvalue weighted by Crippen LogP contribution is 2.44. The van der Waals surface area contributed by atoms with Gasteiger partial charge in [-0.3, -0.25) is 0 Å². The Hall–Kier alpha value is -3.30. The zero-order chi connectivity index (χ0) is 23.9. The Kier molecular flexibility index (Phi) is 7.65. The summed E-state index contributed by atoms with van der Waals surface area (Å²) in [5, 5.41) is 17.6. The van der Waals surface area contributed by atoms with Gasteiger partial charge in [0.25, 0.3) is 0 Å². The van der Waals surface area contributed by atoms with Crippen LogP contribution < -0.4 is 5.32 Å². The van der Waals surface area contributed by atoms with Crippen molar-refractivity contribution in [3.05, 3.63) is 95.6 Å². The fraction of sp³-hybridized carbons (Fsp3) is 0.231. The number of amides is 1. The Labute approximate surface area is 212 Å². The maximum absolute atomic E-state index is 12.8. The van der Waals surface area contributed by atoms with Gasteiger partial charge >= 0.3 is 6.09 Å². The number of alkyl carbamates (subject to hydrolysis) is 1. The molecular weight excluding hydrogens is 478 g/mol. The Morgan fingerprint density at radius 3 is 2.31 bits per heavy atom. The molecule has 1 heterocycles. The van der Waals surface area contributed by atoms with Gasteiger partial charge in [-0.2, -0.15) is 17.0 Å². The van der Waals surface area contributed by atoms with Crippen LogP contribution in [0.4, 0.5) is 4.79 Å². The van der Waals surface area contributed by atoms with E-state index in [0.717, 1.165) is 11.5 Å². The molecule has 3 aromatic carbocycles. The number of aromatic amines is 1. The van der Waals surface area contributed by atoms with E-state index in [2.05, 4.69) is 62.3 Å². The van der Waals surface area contributed by atoms with E-state index in [9.17, 15) is 4.79 Å². The summed E-state index contributed by atoms with van der Waals surface area (Å²) in [7, 11) is 0. The standard InChI is InChI=1S/C26H25N5O2S2/c32-26(33-14-24-22-12-6-4-10-20(22)21-11-5-7-13-23(21)24)27-19(17-35-25-28-30-31-29-25)16-34-15-18-8-2-1-3-9-18/h1-13,19,24H,14-17H2,(H,27,32)(H,28,29,30,31)/t19-/m0/s1. The summed E-state index contributed by atoms with van der Waals surface area (Å²) in [4.78, 5) is 12.8. The Morgan fingerprint density at radius 1 is 0.943 bits per heavy atom. The molecular formula is C26H25N5O2S2. The molecule has 0 saturated heterocycles. The molecule has 178 valence electrons. The van der Waals surface area contributed by atoms with Crippen molar-refractivity contribution in [1.29, 1.82) is 0 Å². The van der Waals surface area contributed by atoms with Crippen LogP contribution in [0.15, 0.2) is 84.0 Å². The van der Waals surface area contributed by atoms with Gasteiger partial charge in [-0.05, 0) is 33.0 Å². The van der Waals surface area contributed by atoms with Gasteiger partial charge in [0.2, 0.25) is 5.16 Å². The van der Waals surface area contributed by atoms with E-state index >= 15 is 0 Å². The second-order valence-electron chi connectivity index (χ2n) is 8.17. The first-order chi connectivity index (χ1) is 17.3. The van der Waals surface area contributed by atoms with E-state index in [4.69, 9.17) is 4.74 Å². The fourth-order valence-electron chi connectivity index (χ4n) is 4.22. The van der Waals surface area contributed by atoms with Crippen molar-refractivity contribution >= 4 is 29.6 Å². The normalized spacial score (nSPS) is 13.1. The second-order valence-corrected chi connectivity index (χ2v) is 10.2. The lowest BCUT2D eigenvalue weighted by atomic mass is 9.98. The number of rotatable bonds is 10. The maximum Gasteiger partial charge on any atom is 0.407 e. The first-order valence-electron chi connectivity index (χ1n) is 11.4. The summed E-state index contributed by atoms with van der Waals surface area (Å²) in [6.07, 6.45) is -0.411. The Morgan fingerprint density at radius 2 is 1.63 bits per heavy atom. The van der Waals surface area contributed by atoms with Crippen LogP contribution in [0.5, 0.6) is 0 Å². The van der Waals surface area contributed by atoms with E-state index in [1.807, 2.05) is 42.5 Å². The molecule has 0 unspecified atom stereocenters. The number of hydrogen-bond donors (Lipinski definition) is 2. The molecule has 1 aliphatic rings. The minimum Gasteiger partial charge on any atom is -0.449 e. The van der Waals surface area contributed by atoms with Crippen LogP contribution >= 0.6 is 23.5 Å². The van der Waals surface area contributed by atoms with Crippen LogP contribution in [0.3, 0.4) is 0 Å². The number of fused-ring (bicyclic) bond motifs is 3. The second kappa shape index (κ2) is 11.4. The van der Waals surface area contributed by atoms with Crippen molar-refractivity contribution in [2.45, 2.75) is 22.9 Å². The number of benzene rings is 3. The smallest absolute Gasteiger partial charge is 0.407 e. The zero-order valence-electron chi connectivity index (χ0n) is 19.0. The third kappa shape index (κ3) is 5.86. The Balaban J connectivity index is 1.19. The maximum atomic E-state index is 12.8. The number of ether oxygens (including phenoxy) is 1. The molecule has 35 heavy (non-hydrogen) atoms. The van der Waals surface area contributed by atoms with Gasteiger partial charge < -0.3 is 10.1 Å². The van der Waals surface area contributed by atoms with Crippen molar-refractivity contribution in [2.24, 2.45) is 0 Å². The topological polar surface area (TPSA) is 92.8 Å². The Bertz CT molecular complexity index is 1210. The van der Waals surface area contributed by atoms with Crippen LogP contribution in [0, 0.1) is 0 Å². The van der Waals surface area contributed by atoms with Crippen LogP contribution in [0.2, 0.25) is 0 Å². The van der Waals surface area contributed by atoms with Gasteiger partial charge in [0.1, 0.15) is 6.61 Å². The number of carbonyl (C=O) groups is 1. The number of tetrazole rings is 1. The largest absolute Gasteiger partial charge is 0.449 e. The summed E-state index contributed by atoms with van der Waals surface area (Å²) >= 11 is 3.22. The molecule has 1 aliphatic carbocycles. The predicted octanol–water partition coefficient (Wildman–Crippen LogP) is 5.13. The van der Waals surface area contributed by atoms with Gasteiger partial charge in [0, 0.05) is 23.2 Å². The highest BCUT2D eigenvalue weighted by atomic mass is 32.2. The van der Waals surface area contributed by atoms with Crippen molar-refractivity contribution < 1.29 is 9.53 Å². The predicted molar refractivity (Wildman–Crippen MR) is 139 cm³/mol. The van der Waals surface area contributed by atoms with E-state index in [0.29, 0.717) is 17.5 Å². The van der Waals surface area contributed by atoms with Crippen LogP contribution in [0.1, 0.15) is 22.6 Å². The third-order valence-electron chi connectivity index (χ3n) is 5.84. The molecule has 5 rings (SSSR count). The first-order valence-corrected chi connectivity index (χ1v) is 13.5. The molecule has 0 saturated carbocycles. The molecule has 4 aromatic rings. The van der Waals surface area contributed by atoms with Gasteiger partial charge in [-0.15, -0.1) is 10.2 Å². The average molecular weight is 504 g/mol. The van der Waals surface area contributed by atoms with Crippen LogP contribution in [-0.2, 0) is 10.5 Å². The van der Waals surface area contributed by atoms with Crippen molar-refractivity contribution in [2.75, 3.05) is 18.1 Å². The highest BCUT2D eigenvalue weighted by Gasteiger charge is 2.29. The average Bonchev–Trinajstić information content (AvgIpc) is 3.53.